The first-order chi connectivity index (χ1) is 29.1. The molecular formula is C56H40N2S. The molecule has 0 unspecified atom stereocenters. The molecule has 9 aromatic carbocycles. The Balaban J connectivity index is 1.15. The van der Waals surface area contributed by atoms with Crippen LogP contribution in [-0.4, -0.2) is 4.57 Å². The van der Waals surface area contributed by atoms with E-state index in [4.69, 9.17) is 0 Å². The first kappa shape index (κ1) is 35.0. The number of hydrogen-bond donors (Lipinski definition) is 0. The summed E-state index contributed by atoms with van der Waals surface area (Å²) in [6.07, 6.45) is 0. The molecule has 0 saturated heterocycles. The van der Waals surface area contributed by atoms with Gasteiger partial charge in [0.1, 0.15) is 0 Å². The molecule has 0 bridgehead atoms. The van der Waals surface area contributed by atoms with Crippen molar-refractivity contribution >= 4 is 70.4 Å². The van der Waals surface area contributed by atoms with Crippen LogP contribution in [0.25, 0.3) is 81.0 Å². The molecule has 0 aliphatic carbocycles. The van der Waals surface area contributed by atoms with Crippen molar-refractivity contribution in [1.29, 1.82) is 0 Å². The predicted octanol–water partition coefficient (Wildman–Crippen LogP) is 16.2. The van der Waals surface area contributed by atoms with Gasteiger partial charge in [0.25, 0.3) is 0 Å². The Hall–Kier alpha value is -7.20. The van der Waals surface area contributed by atoms with E-state index >= 15 is 0 Å². The Kier molecular flexibility index (Phi) is 8.49. The van der Waals surface area contributed by atoms with Crippen LogP contribution in [0.5, 0.6) is 0 Å². The minimum atomic E-state index is 1.11. The smallest absolute Gasteiger partial charge is 0.0541 e. The molecule has 2 heterocycles. The zero-order valence-corrected chi connectivity index (χ0v) is 33.7. The Morgan fingerprint density at radius 2 is 0.983 bits per heavy atom. The van der Waals surface area contributed by atoms with Crippen molar-refractivity contribution in [2.24, 2.45) is 0 Å². The van der Waals surface area contributed by atoms with Gasteiger partial charge in [0.15, 0.2) is 0 Å². The molecule has 0 aliphatic rings. The van der Waals surface area contributed by atoms with E-state index in [2.05, 4.69) is 230 Å². The number of nitrogens with zero attached hydrogens (tertiary/aromatic N) is 2. The van der Waals surface area contributed by atoms with Crippen molar-refractivity contribution in [3.63, 3.8) is 0 Å². The second kappa shape index (κ2) is 14.3. The normalized spacial score (nSPS) is 11.6. The summed E-state index contributed by atoms with van der Waals surface area (Å²) in [5, 5.41) is 5.07. The Labute approximate surface area is 348 Å². The van der Waals surface area contributed by atoms with Gasteiger partial charge in [-0.25, -0.2) is 0 Å². The van der Waals surface area contributed by atoms with E-state index < -0.39 is 0 Å². The molecular weight excluding hydrogens is 733 g/mol. The third-order valence-electron chi connectivity index (χ3n) is 11.8. The van der Waals surface area contributed by atoms with Gasteiger partial charge in [0.05, 0.1) is 11.0 Å². The molecule has 0 N–H and O–H groups in total. The summed E-state index contributed by atoms with van der Waals surface area (Å²) in [4.78, 5) is 2.47. The monoisotopic (exact) mass is 772 g/mol. The number of thiophene rings is 1. The second-order valence-electron chi connectivity index (χ2n) is 15.5. The van der Waals surface area contributed by atoms with E-state index in [0.29, 0.717) is 0 Å². The first-order valence-corrected chi connectivity index (χ1v) is 21.1. The Bertz CT molecular complexity index is 3280. The maximum Gasteiger partial charge on any atom is 0.0541 e. The lowest BCUT2D eigenvalue weighted by atomic mass is 9.95. The quantitative estimate of drug-likeness (QED) is 0.157. The maximum absolute atomic E-state index is 2.47. The van der Waals surface area contributed by atoms with Crippen LogP contribution >= 0.6 is 11.3 Å². The SMILES string of the molecule is Cc1cc(N(c2ccc(-c3ccccc3)cc2)c2cc(-c3cccc(-n4c5ccccc5c5ccccc54)c3)c3sc4ccccc4c3c2)c(C)cc1-c1ccccc1. The number of fused-ring (bicyclic) bond motifs is 6. The minimum Gasteiger partial charge on any atom is -0.310 e. The number of anilines is 3. The number of para-hydroxylation sites is 2. The second-order valence-corrected chi connectivity index (χ2v) is 16.5. The van der Waals surface area contributed by atoms with Crippen LogP contribution in [-0.2, 0) is 0 Å². The maximum atomic E-state index is 2.47. The zero-order chi connectivity index (χ0) is 39.5. The third-order valence-corrected chi connectivity index (χ3v) is 13.0. The van der Waals surface area contributed by atoms with Crippen LogP contribution < -0.4 is 4.90 Å². The van der Waals surface area contributed by atoms with Crippen LogP contribution in [0.3, 0.4) is 0 Å². The van der Waals surface area contributed by atoms with E-state index in [0.717, 1.165) is 17.1 Å². The van der Waals surface area contributed by atoms with Gasteiger partial charge in [-0.2, -0.15) is 0 Å². The van der Waals surface area contributed by atoms with E-state index in [1.165, 1.54) is 92.2 Å². The molecule has 0 radical (unpaired) electrons. The van der Waals surface area contributed by atoms with E-state index in [1.54, 1.807) is 0 Å². The molecule has 11 rings (SSSR count). The summed E-state index contributed by atoms with van der Waals surface area (Å²) in [5.74, 6) is 0. The fourth-order valence-corrected chi connectivity index (χ4v) is 10.2. The van der Waals surface area contributed by atoms with Gasteiger partial charge in [-0.15, -0.1) is 11.3 Å². The molecule has 0 amide bonds. The van der Waals surface area contributed by atoms with E-state index in [9.17, 15) is 0 Å². The van der Waals surface area contributed by atoms with Crippen molar-refractivity contribution in [1.82, 2.24) is 4.57 Å². The molecule has 0 fully saturated rings. The summed E-state index contributed by atoms with van der Waals surface area (Å²) in [6, 6.07) is 75.5. The molecule has 11 aromatic rings. The van der Waals surface area contributed by atoms with Gasteiger partial charge in [-0.1, -0.05) is 140 Å². The largest absolute Gasteiger partial charge is 0.310 e. The average Bonchev–Trinajstić information content (AvgIpc) is 3.84. The standard InChI is InChI=1S/C56H40N2S/c1-37-33-54(38(2)32-49(37)41-18-7-4-8-19-41)57(43-30-28-40(29-31-43)39-16-5-3-6-17-39)45-35-50(56-51(36-45)48-24-11-14-27-55(48)59-56)42-20-15-21-44(34-42)58-52-25-12-9-22-46(52)47-23-10-13-26-53(47)58/h3-36H,1-2H3. The topological polar surface area (TPSA) is 8.17 Å². The van der Waals surface area contributed by atoms with Crippen molar-refractivity contribution in [3.05, 3.63) is 217 Å². The molecule has 59 heavy (non-hydrogen) atoms. The fourth-order valence-electron chi connectivity index (χ4n) is 9.00. The average molecular weight is 773 g/mol. The number of aromatic nitrogens is 1. The predicted molar refractivity (Wildman–Crippen MR) is 254 cm³/mol. The van der Waals surface area contributed by atoms with Crippen LogP contribution in [0, 0.1) is 13.8 Å². The van der Waals surface area contributed by atoms with Crippen LogP contribution in [0.15, 0.2) is 206 Å². The molecule has 2 aromatic heterocycles. The fraction of sp³-hybridized carbons (Fsp3) is 0.0357. The van der Waals surface area contributed by atoms with Crippen molar-refractivity contribution in [2.75, 3.05) is 4.90 Å². The van der Waals surface area contributed by atoms with Gasteiger partial charge in [0.2, 0.25) is 0 Å². The number of hydrogen-bond acceptors (Lipinski definition) is 2. The summed E-state index contributed by atoms with van der Waals surface area (Å²) < 4.78 is 5.00. The Morgan fingerprint density at radius 1 is 0.390 bits per heavy atom. The van der Waals surface area contributed by atoms with E-state index in [1.807, 2.05) is 11.3 Å². The van der Waals surface area contributed by atoms with Crippen molar-refractivity contribution in [3.8, 4) is 39.1 Å². The van der Waals surface area contributed by atoms with Crippen molar-refractivity contribution < 1.29 is 0 Å². The van der Waals surface area contributed by atoms with Crippen LogP contribution in [0.1, 0.15) is 11.1 Å². The lowest BCUT2D eigenvalue weighted by Crippen LogP contribution is -2.12. The first-order valence-electron chi connectivity index (χ1n) is 20.3. The van der Waals surface area contributed by atoms with Gasteiger partial charge < -0.3 is 9.47 Å². The number of rotatable bonds is 7. The molecule has 0 atom stereocenters. The molecule has 2 nitrogen and oxygen atoms in total. The summed E-state index contributed by atoms with van der Waals surface area (Å²) in [5.41, 5.74) is 16.7. The molecule has 3 heteroatoms. The number of aryl methyl sites for hydroxylation is 2. The summed E-state index contributed by atoms with van der Waals surface area (Å²) in [6.45, 7) is 4.49. The summed E-state index contributed by atoms with van der Waals surface area (Å²) >= 11 is 1.88. The highest BCUT2D eigenvalue weighted by molar-refractivity contribution is 7.26. The highest BCUT2D eigenvalue weighted by Crippen LogP contribution is 2.47. The van der Waals surface area contributed by atoms with Crippen molar-refractivity contribution in [2.45, 2.75) is 13.8 Å². The molecule has 0 aliphatic heterocycles. The highest BCUT2D eigenvalue weighted by atomic mass is 32.1. The van der Waals surface area contributed by atoms with Gasteiger partial charge in [-0.05, 0) is 120 Å². The lowest BCUT2D eigenvalue weighted by Gasteiger charge is -2.29. The van der Waals surface area contributed by atoms with E-state index in [-0.39, 0.29) is 0 Å². The van der Waals surface area contributed by atoms with Gasteiger partial charge >= 0.3 is 0 Å². The molecule has 0 spiro atoms. The Morgan fingerprint density at radius 3 is 1.69 bits per heavy atom. The third kappa shape index (κ3) is 6.02. The van der Waals surface area contributed by atoms with Crippen LogP contribution in [0.4, 0.5) is 17.1 Å². The van der Waals surface area contributed by atoms with Crippen LogP contribution in [0.2, 0.25) is 0 Å². The molecule has 0 saturated carbocycles. The van der Waals surface area contributed by atoms with Gasteiger partial charge in [0, 0.05) is 59.3 Å². The molecule has 280 valence electrons. The van der Waals surface area contributed by atoms with Gasteiger partial charge in [-0.3, -0.25) is 0 Å². The zero-order valence-electron chi connectivity index (χ0n) is 32.9. The number of benzene rings is 9. The minimum absolute atomic E-state index is 1.11. The highest BCUT2D eigenvalue weighted by Gasteiger charge is 2.22. The lowest BCUT2D eigenvalue weighted by molar-refractivity contribution is 1.18. The summed E-state index contributed by atoms with van der Waals surface area (Å²) in [7, 11) is 0.